The first-order chi connectivity index (χ1) is 12.7. The number of rotatable bonds is 4. The number of hydrogen-bond donors (Lipinski definition) is 0. The van der Waals surface area contributed by atoms with Crippen molar-refractivity contribution in [2.24, 2.45) is 0 Å². The van der Waals surface area contributed by atoms with E-state index in [1.165, 1.54) is 24.3 Å². The zero-order valence-electron chi connectivity index (χ0n) is 13.9. The number of benzene rings is 2. The minimum Gasteiger partial charge on any atom is -0.454 e. The van der Waals surface area contributed by atoms with Gasteiger partial charge in [-0.2, -0.15) is 0 Å². The van der Waals surface area contributed by atoms with Crippen molar-refractivity contribution in [2.75, 3.05) is 6.26 Å². The first kappa shape index (κ1) is 19.3. The number of halogens is 3. The Kier molecular flexibility index (Phi) is 5.17. The lowest BCUT2D eigenvalue weighted by Gasteiger charge is -2.11. The van der Waals surface area contributed by atoms with Crippen LogP contribution in [0.2, 0.25) is 5.02 Å². The van der Waals surface area contributed by atoms with Gasteiger partial charge in [0.15, 0.2) is 21.0 Å². The summed E-state index contributed by atoms with van der Waals surface area (Å²) in [6, 6.07) is 12.5. The molecule has 0 fully saturated rings. The van der Waals surface area contributed by atoms with Crippen LogP contribution in [-0.4, -0.2) is 14.7 Å². The molecule has 0 atom stereocenters. The Balaban J connectivity index is 2.26. The molecule has 2 aromatic carbocycles. The van der Waals surface area contributed by atoms with Gasteiger partial charge in [0.1, 0.15) is 5.76 Å². The van der Waals surface area contributed by atoms with E-state index in [-0.39, 0.29) is 16.2 Å². The fraction of sp³-hybridized carbons (Fsp3) is 0.105. The predicted octanol–water partition coefficient (Wildman–Crippen LogP) is 4.97. The lowest BCUT2D eigenvalue weighted by molar-refractivity contribution is 0.120. The van der Waals surface area contributed by atoms with Crippen LogP contribution in [-0.2, 0) is 9.84 Å². The van der Waals surface area contributed by atoms with E-state index in [1.807, 2.05) is 0 Å². The highest BCUT2D eigenvalue weighted by molar-refractivity contribution is 7.90. The van der Waals surface area contributed by atoms with E-state index < -0.39 is 27.5 Å². The van der Waals surface area contributed by atoms with Gasteiger partial charge in [-0.1, -0.05) is 23.7 Å². The molecule has 1 heterocycles. The zero-order chi connectivity index (χ0) is 19.8. The topological polar surface area (TPSA) is 64.3 Å². The van der Waals surface area contributed by atoms with Gasteiger partial charge >= 0.3 is 0 Å². The average Bonchev–Trinajstić information content (AvgIpc) is 2.61. The third-order valence-electron chi connectivity index (χ3n) is 3.86. The van der Waals surface area contributed by atoms with Crippen LogP contribution in [0, 0.1) is 0 Å². The molecule has 0 saturated carbocycles. The molecule has 1 aromatic heterocycles. The maximum atomic E-state index is 13.1. The van der Waals surface area contributed by atoms with Gasteiger partial charge in [-0.15, -0.1) is 0 Å². The maximum Gasteiger partial charge on any atom is 0.295 e. The lowest BCUT2D eigenvalue weighted by atomic mass is 10.00. The van der Waals surface area contributed by atoms with Crippen LogP contribution in [0.3, 0.4) is 0 Å². The van der Waals surface area contributed by atoms with E-state index >= 15 is 0 Å². The molecule has 0 radical (unpaired) electrons. The van der Waals surface area contributed by atoms with Gasteiger partial charge in [0.25, 0.3) is 6.43 Å². The van der Waals surface area contributed by atoms with E-state index in [0.29, 0.717) is 16.1 Å². The third kappa shape index (κ3) is 4.09. The predicted molar refractivity (Wildman–Crippen MR) is 98.9 cm³/mol. The van der Waals surface area contributed by atoms with Gasteiger partial charge in [-0.3, -0.25) is 4.79 Å². The minimum absolute atomic E-state index is 0.0617. The Morgan fingerprint density at radius 3 is 2.04 bits per heavy atom. The normalized spacial score (nSPS) is 11.7. The van der Waals surface area contributed by atoms with Crippen molar-refractivity contribution in [1.82, 2.24) is 0 Å². The third-order valence-corrected chi connectivity index (χ3v) is 5.24. The summed E-state index contributed by atoms with van der Waals surface area (Å²) >= 11 is 5.87. The molecule has 0 aliphatic carbocycles. The molecule has 0 bridgehead atoms. The molecule has 0 amide bonds. The van der Waals surface area contributed by atoms with E-state index in [2.05, 4.69) is 0 Å². The van der Waals surface area contributed by atoms with Crippen molar-refractivity contribution in [3.63, 3.8) is 0 Å². The van der Waals surface area contributed by atoms with Gasteiger partial charge in [0, 0.05) is 22.9 Å². The highest BCUT2D eigenvalue weighted by atomic mass is 35.5. The highest BCUT2D eigenvalue weighted by Crippen LogP contribution is 2.33. The summed E-state index contributed by atoms with van der Waals surface area (Å²) < 4.78 is 54.8. The Hall–Kier alpha value is -2.51. The first-order valence-electron chi connectivity index (χ1n) is 7.69. The van der Waals surface area contributed by atoms with E-state index in [0.717, 1.165) is 12.3 Å². The minimum atomic E-state index is -3.43. The Morgan fingerprint density at radius 1 is 0.963 bits per heavy atom. The smallest absolute Gasteiger partial charge is 0.295 e. The molecule has 140 valence electrons. The van der Waals surface area contributed by atoms with Gasteiger partial charge in [-0.05, 0) is 42.0 Å². The van der Waals surface area contributed by atoms with Gasteiger partial charge in [-0.25, -0.2) is 17.2 Å². The maximum absolute atomic E-state index is 13.1. The van der Waals surface area contributed by atoms with Crippen LogP contribution in [0.4, 0.5) is 8.78 Å². The summed E-state index contributed by atoms with van der Waals surface area (Å²) in [6.45, 7) is 0. The molecular weight excluding hydrogens is 398 g/mol. The molecule has 27 heavy (non-hydrogen) atoms. The number of hydrogen-bond acceptors (Lipinski definition) is 4. The SMILES string of the molecule is CS(=O)(=O)c1ccc(-c2oc(C(F)F)cc(=O)c2-c2ccc(Cl)cc2)cc1. The standard InChI is InChI=1S/C19H13ClF2O4S/c1-27(24,25)14-8-4-12(5-9-14)18-17(11-2-6-13(20)7-3-11)15(23)10-16(26-18)19(21)22/h2-10,19H,1H3. The van der Waals surface area contributed by atoms with Crippen molar-refractivity contribution in [1.29, 1.82) is 0 Å². The summed E-state index contributed by atoms with van der Waals surface area (Å²) in [6.07, 6.45) is -1.91. The molecule has 0 aliphatic rings. The van der Waals surface area contributed by atoms with E-state index in [9.17, 15) is 22.0 Å². The van der Waals surface area contributed by atoms with Crippen LogP contribution in [0.1, 0.15) is 12.2 Å². The van der Waals surface area contributed by atoms with Crippen molar-refractivity contribution in [2.45, 2.75) is 11.3 Å². The lowest BCUT2D eigenvalue weighted by Crippen LogP contribution is -2.08. The van der Waals surface area contributed by atoms with Gasteiger partial charge in [0.05, 0.1) is 10.5 Å². The quantitative estimate of drug-likeness (QED) is 0.609. The molecule has 0 aliphatic heterocycles. The van der Waals surface area contributed by atoms with E-state index in [4.69, 9.17) is 16.0 Å². The zero-order valence-corrected chi connectivity index (χ0v) is 15.5. The first-order valence-corrected chi connectivity index (χ1v) is 9.96. The molecule has 3 rings (SSSR count). The van der Waals surface area contributed by atoms with Gasteiger partial charge < -0.3 is 4.42 Å². The fourth-order valence-electron chi connectivity index (χ4n) is 2.57. The summed E-state index contributed by atoms with van der Waals surface area (Å²) in [5.41, 5.74) is 0.187. The molecule has 3 aromatic rings. The van der Waals surface area contributed by atoms with E-state index in [1.54, 1.807) is 24.3 Å². The van der Waals surface area contributed by atoms with Crippen LogP contribution in [0.5, 0.6) is 0 Å². The fourth-order valence-corrected chi connectivity index (χ4v) is 3.32. The second-order valence-corrected chi connectivity index (χ2v) is 8.27. The van der Waals surface area contributed by atoms with Crippen molar-refractivity contribution in [3.05, 3.63) is 75.6 Å². The molecule has 0 unspecified atom stereocenters. The summed E-state index contributed by atoms with van der Waals surface area (Å²) in [7, 11) is -3.43. The second-order valence-electron chi connectivity index (χ2n) is 5.82. The number of sulfone groups is 1. The average molecular weight is 411 g/mol. The van der Waals surface area contributed by atoms with Crippen molar-refractivity contribution in [3.8, 4) is 22.5 Å². The molecular formula is C19H13ClF2O4S. The summed E-state index contributed by atoms with van der Waals surface area (Å²) in [5.74, 6) is -0.833. The molecule has 4 nitrogen and oxygen atoms in total. The van der Waals surface area contributed by atoms with Gasteiger partial charge in [0.2, 0.25) is 0 Å². The van der Waals surface area contributed by atoms with Crippen LogP contribution in [0.25, 0.3) is 22.5 Å². The number of alkyl halides is 2. The Bertz CT molecular complexity index is 1140. The Morgan fingerprint density at radius 2 is 1.52 bits per heavy atom. The Labute approximate surface area is 159 Å². The monoisotopic (exact) mass is 410 g/mol. The summed E-state index contributed by atoms with van der Waals surface area (Å²) in [4.78, 5) is 12.6. The summed E-state index contributed by atoms with van der Waals surface area (Å²) in [5, 5.41) is 0.450. The second kappa shape index (κ2) is 7.25. The molecule has 8 heteroatoms. The molecule has 0 N–H and O–H groups in total. The molecule has 0 saturated heterocycles. The van der Waals surface area contributed by atoms with Crippen molar-refractivity contribution < 1.29 is 21.6 Å². The highest BCUT2D eigenvalue weighted by Gasteiger charge is 2.20. The van der Waals surface area contributed by atoms with Crippen LogP contribution < -0.4 is 5.43 Å². The van der Waals surface area contributed by atoms with Crippen LogP contribution in [0.15, 0.2) is 68.7 Å². The van der Waals surface area contributed by atoms with Crippen LogP contribution >= 0.6 is 11.6 Å². The largest absolute Gasteiger partial charge is 0.454 e. The van der Waals surface area contributed by atoms with Crippen molar-refractivity contribution >= 4 is 21.4 Å². The molecule has 0 spiro atoms.